The topological polar surface area (TPSA) is 64.8 Å². The Balaban J connectivity index is 1.87. The highest BCUT2D eigenvalue weighted by molar-refractivity contribution is 8.17. The number of aromatic nitrogens is 1. The number of carbonyl (C=O) groups excluding carboxylic acids is 1. The Morgan fingerprint density at radius 1 is 1.30 bits per heavy atom. The van der Waals surface area contributed by atoms with Crippen LogP contribution in [0.3, 0.4) is 0 Å². The van der Waals surface area contributed by atoms with Crippen molar-refractivity contribution in [2.75, 3.05) is 11.4 Å². The lowest BCUT2D eigenvalue weighted by Crippen LogP contribution is -2.22. The fourth-order valence-corrected chi connectivity index (χ4v) is 3.09. The number of rotatable bonds is 2. The Kier molecular flexibility index (Phi) is 3.05. The molecule has 0 spiro atoms. The van der Waals surface area contributed by atoms with Gasteiger partial charge in [-0.2, -0.15) is 4.39 Å². The molecule has 3 heterocycles. The van der Waals surface area contributed by atoms with Crippen molar-refractivity contribution >= 4 is 33.8 Å². The van der Waals surface area contributed by atoms with Crippen LogP contribution in [0.15, 0.2) is 34.6 Å². The van der Waals surface area contributed by atoms with Gasteiger partial charge in [0.05, 0.1) is 17.5 Å². The van der Waals surface area contributed by atoms with Gasteiger partial charge in [0.15, 0.2) is 11.6 Å². The highest BCUT2D eigenvalue weighted by Gasteiger charge is 2.33. The first kappa shape index (κ1) is 14.1. The lowest BCUT2D eigenvalue weighted by molar-refractivity contribution is -0.0274. The second kappa shape index (κ2) is 4.98. The summed E-state index contributed by atoms with van der Waals surface area (Å²) >= 11 is 0.956. The molecule has 1 aromatic carbocycles. The number of carbonyl (C=O) groups is 1. The second-order valence-electron chi connectivity index (χ2n) is 4.85. The standard InChI is InChI=1S/C14H8F2N2O4S/c1-6-5-18(14(19)23-6)12-8-4-7(13-20-2-3-21-13)9(15)10(16)11(8)22-17-12/h2-4,13H,1,5H2. The molecule has 0 saturated carbocycles. The lowest BCUT2D eigenvalue weighted by Gasteiger charge is -2.13. The predicted octanol–water partition coefficient (Wildman–Crippen LogP) is 3.81. The fraction of sp³-hybridized carbons (Fsp3) is 0.143. The average Bonchev–Trinajstić information content (AvgIpc) is 3.22. The summed E-state index contributed by atoms with van der Waals surface area (Å²) in [5, 5.41) is 3.54. The summed E-state index contributed by atoms with van der Waals surface area (Å²) in [5.41, 5.74) is -0.523. The Morgan fingerprint density at radius 3 is 2.70 bits per heavy atom. The van der Waals surface area contributed by atoms with E-state index in [4.69, 9.17) is 14.0 Å². The van der Waals surface area contributed by atoms with Crippen LogP contribution in [0.25, 0.3) is 11.0 Å². The van der Waals surface area contributed by atoms with Gasteiger partial charge in [-0.05, 0) is 17.8 Å². The van der Waals surface area contributed by atoms with Crippen LogP contribution in [0.4, 0.5) is 19.4 Å². The number of fused-ring (bicyclic) bond motifs is 1. The summed E-state index contributed by atoms with van der Waals surface area (Å²) in [6, 6.07) is 1.30. The summed E-state index contributed by atoms with van der Waals surface area (Å²) in [6.45, 7) is 3.94. The summed E-state index contributed by atoms with van der Waals surface area (Å²) in [6.07, 6.45) is 1.35. The Labute approximate surface area is 132 Å². The Hall–Kier alpha value is -2.55. The van der Waals surface area contributed by atoms with Crippen molar-refractivity contribution < 1.29 is 27.6 Å². The van der Waals surface area contributed by atoms with Crippen LogP contribution in [-0.2, 0) is 9.47 Å². The van der Waals surface area contributed by atoms with Gasteiger partial charge in [-0.25, -0.2) is 4.39 Å². The van der Waals surface area contributed by atoms with Gasteiger partial charge in [0.25, 0.3) is 11.5 Å². The fourth-order valence-electron chi connectivity index (χ4n) is 2.39. The first-order chi connectivity index (χ1) is 11.1. The molecule has 0 N–H and O–H groups in total. The quantitative estimate of drug-likeness (QED) is 0.830. The molecule has 0 atom stereocenters. The number of hydrogen-bond donors (Lipinski definition) is 0. The minimum atomic E-state index is -1.21. The van der Waals surface area contributed by atoms with E-state index in [0.29, 0.717) is 4.91 Å². The minimum Gasteiger partial charge on any atom is -0.455 e. The molecule has 2 aliphatic heterocycles. The third-order valence-corrected chi connectivity index (χ3v) is 4.22. The van der Waals surface area contributed by atoms with E-state index in [2.05, 4.69) is 11.7 Å². The van der Waals surface area contributed by atoms with E-state index >= 15 is 0 Å². The van der Waals surface area contributed by atoms with Gasteiger partial charge in [-0.3, -0.25) is 9.69 Å². The van der Waals surface area contributed by atoms with E-state index in [-0.39, 0.29) is 34.1 Å². The third-order valence-electron chi connectivity index (χ3n) is 3.41. The largest absolute Gasteiger partial charge is 0.455 e. The molecule has 4 rings (SSSR count). The summed E-state index contributed by atoms with van der Waals surface area (Å²) in [4.78, 5) is 13.9. The molecule has 9 heteroatoms. The van der Waals surface area contributed by atoms with E-state index < -0.39 is 17.9 Å². The Bertz CT molecular complexity index is 871. The van der Waals surface area contributed by atoms with Crippen molar-refractivity contribution in [2.24, 2.45) is 0 Å². The zero-order chi connectivity index (χ0) is 16.1. The number of amides is 1. The SMILES string of the molecule is C=C1CN(c2noc3c(F)c(F)c(C4OC=CO4)cc23)C(=O)S1. The van der Waals surface area contributed by atoms with E-state index in [1.165, 1.54) is 23.5 Å². The molecule has 118 valence electrons. The zero-order valence-corrected chi connectivity index (χ0v) is 12.2. The maximum Gasteiger partial charge on any atom is 0.292 e. The number of hydrogen-bond acceptors (Lipinski definition) is 6. The van der Waals surface area contributed by atoms with Gasteiger partial charge in [0.2, 0.25) is 11.4 Å². The molecule has 2 aromatic rings. The van der Waals surface area contributed by atoms with Crippen LogP contribution in [0.2, 0.25) is 0 Å². The molecule has 0 aliphatic carbocycles. The van der Waals surface area contributed by atoms with E-state index in [1.54, 1.807) is 0 Å². The van der Waals surface area contributed by atoms with Gasteiger partial charge >= 0.3 is 0 Å². The molecule has 1 fully saturated rings. The van der Waals surface area contributed by atoms with Gasteiger partial charge in [0.1, 0.15) is 12.5 Å². The molecule has 1 saturated heterocycles. The second-order valence-corrected chi connectivity index (χ2v) is 5.98. The molecule has 6 nitrogen and oxygen atoms in total. The summed E-state index contributed by atoms with van der Waals surface area (Å²) in [7, 11) is 0. The van der Waals surface area contributed by atoms with Crippen molar-refractivity contribution in [3.63, 3.8) is 0 Å². The van der Waals surface area contributed by atoms with Crippen LogP contribution in [0, 0.1) is 11.6 Å². The lowest BCUT2D eigenvalue weighted by atomic mass is 10.1. The van der Waals surface area contributed by atoms with E-state index in [0.717, 1.165) is 11.8 Å². The smallest absolute Gasteiger partial charge is 0.292 e. The van der Waals surface area contributed by atoms with Gasteiger partial charge in [-0.15, -0.1) is 0 Å². The van der Waals surface area contributed by atoms with E-state index in [9.17, 15) is 13.6 Å². The minimum absolute atomic E-state index is 0.0993. The van der Waals surface area contributed by atoms with Crippen molar-refractivity contribution in [2.45, 2.75) is 6.29 Å². The van der Waals surface area contributed by atoms with Gasteiger partial charge in [-0.1, -0.05) is 11.7 Å². The van der Waals surface area contributed by atoms with Crippen LogP contribution in [-0.4, -0.2) is 16.9 Å². The highest BCUT2D eigenvalue weighted by atomic mass is 32.2. The monoisotopic (exact) mass is 338 g/mol. The number of thioether (sulfide) groups is 1. The van der Waals surface area contributed by atoms with Crippen LogP contribution in [0.1, 0.15) is 11.9 Å². The number of benzene rings is 1. The van der Waals surface area contributed by atoms with Crippen LogP contribution < -0.4 is 4.90 Å². The molecule has 0 bridgehead atoms. The van der Waals surface area contributed by atoms with Crippen LogP contribution in [0.5, 0.6) is 0 Å². The molecule has 23 heavy (non-hydrogen) atoms. The number of nitrogens with zero attached hydrogens (tertiary/aromatic N) is 2. The number of halogens is 2. The van der Waals surface area contributed by atoms with Crippen molar-refractivity contribution in [3.05, 3.63) is 47.3 Å². The number of anilines is 1. The Morgan fingerprint density at radius 2 is 2.04 bits per heavy atom. The zero-order valence-electron chi connectivity index (χ0n) is 11.4. The van der Waals surface area contributed by atoms with Gasteiger partial charge < -0.3 is 14.0 Å². The molecular weight excluding hydrogens is 330 g/mol. The van der Waals surface area contributed by atoms with Gasteiger partial charge in [0, 0.05) is 4.91 Å². The van der Waals surface area contributed by atoms with E-state index in [1.807, 2.05) is 0 Å². The summed E-state index contributed by atoms with van der Waals surface area (Å²) < 4.78 is 43.3. The van der Waals surface area contributed by atoms with Crippen LogP contribution >= 0.6 is 11.8 Å². The average molecular weight is 338 g/mol. The van der Waals surface area contributed by atoms with Crippen molar-refractivity contribution in [1.29, 1.82) is 0 Å². The summed E-state index contributed by atoms with van der Waals surface area (Å²) in [5.74, 6) is -2.27. The first-order valence-electron chi connectivity index (χ1n) is 6.46. The molecular formula is C14H8F2N2O4S. The molecule has 1 aromatic heterocycles. The first-order valence-corrected chi connectivity index (χ1v) is 7.28. The normalized spacial score (nSPS) is 18.1. The van der Waals surface area contributed by atoms with Crippen molar-refractivity contribution in [3.8, 4) is 0 Å². The predicted molar refractivity (Wildman–Crippen MR) is 77.4 cm³/mol. The number of ether oxygens (including phenoxy) is 2. The molecule has 1 amide bonds. The highest BCUT2D eigenvalue weighted by Crippen LogP contribution is 2.39. The maximum atomic E-state index is 14.2. The molecule has 0 unspecified atom stereocenters. The molecule has 2 aliphatic rings. The maximum absolute atomic E-state index is 14.2. The molecule has 0 radical (unpaired) electrons. The van der Waals surface area contributed by atoms with Crippen molar-refractivity contribution in [1.82, 2.24) is 5.16 Å². The third kappa shape index (κ3) is 2.07.